The van der Waals surface area contributed by atoms with Gasteiger partial charge in [-0.1, -0.05) is 54.6 Å². The number of aromatic nitrogens is 1. The topological polar surface area (TPSA) is 96.3 Å². The number of benzene rings is 3. The molecule has 0 amide bonds. The van der Waals surface area contributed by atoms with Gasteiger partial charge in [-0.25, -0.2) is 8.42 Å². The van der Waals surface area contributed by atoms with E-state index in [0.29, 0.717) is 0 Å². The SMILES string of the molecule is O=[N+]([O-])c1ccccc1C=CS(=O)(=O)N1C=Cc2ccccc2C1c1c[nH]c2ccccc12. The van der Waals surface area contributed by atoms with Crippen molar-refractivity contribution in [1.82, 2.24) is 9.29 Å². The summed E-state index contributed by atoms with van der Waals surface area (Å²) in [7, 11) is -3.98. The predicted molar refractivity (Wildman–Crippen MR) is 129 cm³/mol. The zero-order chi connectivity index (χ0) is 23.0. The van der Waals surface area contributed by atoms with Gasteiger partial charge in [-0.3, -0.25) is 14.4 Å². The molecule has 3 aromatic carbocycles. The van der Waals surface area contributed by atoms with Crippen LogP contribution in [-0.2, 0) is 10.0 Å². The second-order valence-electron chi connectivity index (χ2n) is 7.63. The highest BCUT2D eigenvalue weighted by molar-refractivity contribution is 7.92. The van der Waals surface area contributed by atoms with E-state index in [1.54, 1.807) is 24.4 Å². The molecule has 0 aliphatic carbocycles. The van der Waals surface area contributed by atoms with Crippen LogP contribution >= 0.6 is 0 Å². The van der Waals surface area contributed by atoms with E-state index in [2.05, 4.69) is 4.98 Å². The number of fused-ring (bicyclic) bond motifs is 2. The van der Waals surface area contributed by atoms with E-state index in [1.165, 1.54) is 22.5 Å². The van der Waals surface area contributed by atoms with Crippen LogP contribution in [-0.4, -0.2) is 22.6 Å². The van der Waals surface area contributed by atoms with Crippen molar-refractivity contribution in [3.8, 4) is 0 Å². The third-order valence-corrected chi connectivity index (χ3v) is 7.11. The van der Waals surface area contributed by atoms with Crippen molar-refractivity contribution >= 4 is 38.8 Å². The fraction of sp³-hybridized carbons (Fsp3) is 0.0400. The first-order valence-electron chi connectivity index (χ1n) is 10.2. The van der Waals surface area contributed by atoms with Crippen molar-refractivity contribution in [2.24, 2.45) is 0 Å². The Kier molecular flexibility index (Phi) is 5.07. The first-order valence-corrected chi connectivity index (χ1v) is 11.7. The second-order valence-corrected chi connectivity index (χ2v) is 9.35. The van der Waals surface area contributed by atoms with Gasteiger partial charge in [-0.15, -0.1) is 0 Å². The minimum atomic E-state index is -3.98. The summed E-state index contributed by atoms with van der Waals surface area (Å²) < 4.78 is 28.3. The largest absolute Gasteiger partial charge is 0.361 e. The number of rotatable bonds is 5. The van der Waals surface area contributed by atoms with Crippen molar-refractivity contribution < 1.29 is 13.3 Å². The molecule has 1 aromatic heterocycles. The predicted octanol–water partition coefficient (Wildman–Crippen LogP) is 5.45. The van der Waals surface area contributed by atoms with E-state index in [9.17, 15) is 18.5 Å². The average molecular weight is 458 g/mol. The first-order chi connectivity index (χ1) is 16.0. The summed E-state index contributed by atoms with van der Waals surface area (Å²) in [6.45, 7) is 0. The lowest BCUT2D eigenvalue weighted by Crippen LogP contribution is -2.31. The van der Waals surface area contributed by atoms with Crippen molar-refractivity contribution in [2.45, 2.75) is 6.04 Å². The summed E-state index contributed by atoms with van der Waals surface area (Å²) >= 11 is 0. The number of sulfonamides is 1. The number of nitro benzene ring substituents is 1. The Morgan fingerprint density at radius 3 is 2.52 bits per heavy atom. The van der Waals surface area contributed by atoms with Crippen molar-refractivity contribution in [3.05, 3.63) is 123 Å². The number of hydrogen-bond acceptors (Lipinski definition) is 4. The van der Waals surface area contributed by atoms with Gasteiger partial charge in [0.05, 0.1) is 21.9 Å². The Labute approximate surface area is 190 Å². The van der Waals surface area contributed by atoms with Crippen LogP contribution in [0.1, 0.15) is 28.3 Å². The van der Waals surface area contributed by atoms with Crippen LogP contribution < -0.4 is 0 Å². The molecule has 0 spiro atoms. The summed E-state index contributed by atoms with van der Waals surface area (Å²) in [5.74, 6) is 0. The van der Waals surface area contributed by atoms with E-state index in [4.69, 9.17) is 0 Å². The summed E-state index contributed by atoms with van der Waals surface area (Å²) in [5, 5.41) is 13.3. The lowest BCUT2D eigenvalue weighted by Gasteiger charge is -2.33. The molecular formula is C25H19N3O4S. The fourth-order valence-electron chi connectivity index (χ4n) is 4.17. The summed E-state index contributed by atoms with van der Waals surface area (Å²) in [6, 6.07) is 20.8. The monoisotopic (exact) mass is 457 g/mol. The fourth-order valence-corrected chi connectivity index (χ4v) is 5.38. The smallest absolute Gasteiger partial charge is 0.276 e. The van der Waals surface area contributed by atoms with Gasteiger partial charge in [0.15, 0.2) is 0 Å². The van der Waals surface area contributed by atoms with Crippen molar-refractivity contribution in [2.75, 3.05) is 0 Å². The molecule has 1 aliphatic rings. The molecule has 1 aliphatic heterocycles. The molecule has 1 atom stereocenters. The summed E-state index contributed by atoms with van der Waals surface area (Å²) in [4.78, 5) is 14.0. The molecule has 0 radical (unpaired) electrons. The minimum absolute atomic E-state index is 0.156. The highest BCUT2D eigenvalue weighted by atomic mass is 32.2. The molecule has 33 heavy (non-hydrogen) atoms. The number of para-hydroxylation sites is 2. The molecule has 8 heteroatoms. The third kappa shape index (κ3) is 3.70. The minimum Gasteiger partial charge on any atom is -0.361 e. The van der Waals surface area contributed by atoms with Gasteiger partial charge in [0.2, 0.25) is 0 Å². The van der Waals surface area contributed by atoms with Crippen LogP contribution in [0.4, 0.5) is 5.69 Å². The molecule has 4 aromatic rings. The molecule has 5 rings (SSSR count). The number of nitrogens with zero attached hydrogens (tertiary/aromatic N) is 2. The van der Waals surface area contributed by atoms with Crippen LogP contribution in [0.25, 0.3) is 23.1 Å². The number of hydrogen-bond donors (Lipinski definition) is 1. The van der Waals surface area contributed by atoms with E-state index >= 15 is 0 Å². The van der Waals surface area contributed by atoms with Crippen molar-refractivity contribution in [3.63, 3.8) is 0 Å². The maximum absolute atomic E-state index is 13.5. The van der Waals surface area contributed by atoms with E-state index < -0.39 is 21.0 Å². The Hall–Kier alpha value is -4.17. The van der Waals surface area contributed by atoms with Gasteiger partial charge in [0, 0.05) is 34.9 Å². The second kappa shape index (κ2) is 8.07. The zero-order valence-corrected chi connectivity index (χ0v) is 18.1. The lowest BCUT2D eigenvalue weighted by molar-refractivity contribution is -0.385. The van der Waals surface area contributed by atoms with Gasteiger partial charge in [0.1, 0.15) is 0 Å². The van der Waals surface area contributed by atoms with Crippen LogP contribution in [0.3, 0.4) is 0 Å². The standard InChI is InChI=1S/C25H19N3O4S/c29-28(30)24-12-6-2-8-19(24)14-16-33(31,32)27-15-13-18-7-1-3-9-20(18)25(27)22-17-26-23-11-5-4-10-21(22)23/h1-17,25-26H. The normalized spacial score (nSPS) is 15.8. The quantitative estimate of drug-likeness (QED) is 0.318. The number of H-pyrrole nitrogens is 1. The highest BCUT2D eigenvalue weighted by Gasteiger charge is 2.33. The Bertz CT molecular complexity index is 1540. The Morgan fingerprint density at radius 1 is 0.939 bits per heavy atom. The number of nitro groups is 1. The Morgan fingerprint density at radius 2 is 1.67 bits per heavy atom. The molecule has 0 bridgehead atoms. The van der Waals surface area contributed by atoms with Gasteiger partial charge >= 0.3 is 0 Å². The van der Waals surface area contributed by atoms with Crippen LogP contribution in [0.15, 0.2) is 90.6 Å². The van der Waals surface area contributed by atoms with Crippen LogP contribution in [0, 0.1) is 10.1 Å². The Balaban J connectivity index is 1.62. The zero-order valence-electron chi connectivity index (χ0n) is 17.3. The van der Waals surface area contributed by atoms with Crippen LogP contribution in [0.2, 0.25) is 0 Å². The third-order valence-electron chi connectivity index (χ3n) is 5.71. The molecule has 2 heterocycles. The van der Waals surface area contributed by atoms with E-state index in [1.807, 2.05) is 54.7 Å². The lowest BCUT2D eigenvalue weighted by atomic mass is 9.92. The molecule has 1 N–H and O–H groups in total. The molecular weight excluding hydrogens is 438 g/mol. The molecule has 0 saturated carbocycles. The summed E-state index contributed by atoms with van der Waals surface area (Å²) in [6.07, 6.45) is 6.42. The molecule has 0 saturated heterocycles. The maximum atomic E-state index is 13.5. The maximum Gasteiger partial charge on any atom is 0.276 e. The van der Waals surface area contributed by atoms with Gasteiger partial charge in [0.25, 0.3) is 15.7 Å². The molecule has 164 valence electrons. The highest BCUT2D eigenvalue weighted by Crippen LogP contribution is 2.40. The summed E-state index contributed by atoms with van der Waals surface area (Å²) in [5.41, 5.74) is 3.58. The molecule has 7 nitrogen and oxygen atoms in total. The molecule has 1 unspecified atom stereocenters. The molecule has 0 fully saturated rings. The van der Waals surface area contributed by atoms with Gasteiger partial charge < -0.3 is 4.98 Å². The van der Waals surface area contributed by atoms with Gasteiger partial charge in [-0.05, 0) is 35.4 Å². The number of aromatic amines is 1. The van der Waals surface area contributed by atoms with E-state index in [-0.39, 0.29) is 11.3 Å². The first kappa shape index (κ1) is 20.7. The van der Waals surface area contributed by atoms with Crippen molar-refractivity contribution in [1.29, 1.82) is 0 Å². The van der Waals surface area contributed by atoms with Gasteiger partial charge in [-0.2, -0.15) is 0 Å². The van der Waals surface area contributed by atoms with E-state index in [0.717, 1.165) is 33.0 Å². The number of nitrogens with one attached hydrogen (secondary N) is 1. The average Bonchev–Trinajstić information content (AvgIpc) is 3.26. The van der Waals surface area contributed by atoms with Crippen LogP contribution in [0.5, 0.6) is 0 Å².